The second-order valence-corrected chi connectivity index (χ2v) is 6.24. The van der Waals surface area contributed by atoms with E-state index in [1.807, 2.05) is 0 Å². The van der Waals surface area contributed by atoms with Gasteiger partial charge in [0.1, 0.15) is 17.9 Å². The van der Waals surface area contributed by atoms with Crippen LogP contribution in [0.1, 0.15) is 12.0 Å². The maximum atomic E-state index is 13.3. The molecule has 3 atom stereocenters. The summed E-state index contributed by atoms with van der Waals surface area (Å²) >= 11 is 0. The van der Waals surface area contributed by atoms with E-state index in [-0.39, 0.29) is 24.8 Å². The Bertz CT molecular complexity index is 726. The number of halogens is 1. The van der Waals surface area contributed by atoms with Gasteiger partial charge in [0, 0.05) is 12.2 Å². The van der Waals surface area contributed by atoms with Crippen molar-refractivity contribution in [1.82, 2.24) is 15.5 Å². The summed E-state index contributed by atoms with van der Waals surface area (Å²) < 4.78 is 13.3. The molecule has 1 aromatic carbocycles. The molecule has 2 saturated heterocycles. The number of amides is 4. The minimum absolute atomic E-state index is 0.184. The first-order valence-electron chi connectivity index (χ1n) is 7.94. The van der Waals surface area contributed by atoms with Gasteiger partial charge in [0.15, 0.2) is 0 Å². The molecular formula is C16H19FN4O4. The highest BCUT2D eigenvalue weighted by atomic mass is 19.1. The maximum Gasteiger partial charge on any atom is 0.319 e. The second-order valence-electron chi connectivity index (χ2n) is 6.24. The lowest BCUT2D eigenvalue weighted by Crippen LogP contribution is -2.62. The van der Waals surface area contributed by atoms with Crippen molar-refractivity contribution in [3.63, 3.8) is 0 Å². The molecule has 4 N–H and O–H groups in total. The molecule has 0 saturated carbocycles. The van der Waals surface area contributed by atoms with Crippen LogP contribution in [0.5, 0.6) is 0 Å². The summed E-state index contributed by atoms with van der Waals surface area (Å²) in [4.78, 5) is 37.7. The van der Waals surface area contributed by atoms with Gasteiger partial charge < -0.3 is 26.0 Å². The number of aryl methyl sites for hydroxylation is 1. The summed E-state index contributed by atoms with van der Waals surface area (Å²) in [7, 11) is 0. The fraction of sp³-hybridized carbons (Fsp3) is 0.438. The molecule has 134 valence electrons. The fourth-order valence-corrected chi connectivity index (χ4v) is 3.16. The van der Waals surface area contributed by atoms with Crippen LogP contribution in [0.2, 0.25) is 0 Å². The van der Waals surface area contributed by atoms with Crippen LogP contribution in [-0.4, -0.2) is 59.1 Å². The van der Waals surface area contributed by atoms with Crippen molar-refractivity contribution in [2.75, 3.05) is 18.5 Å². The number of urea groups is 1. The van der Waals surface area contributed by atoms with E-state index in [0.717, 1.165) is 0 Å². The lowest BCUT2D eigenvalue weighted by molar-refractivity contribution is -0.148. The molecule has 8 nitrogen and oxygen atoms in total. The Balaban J connectivity index is 1.63. The number of carbonyl (C=O) groups excluding carboxylic acids is 3. The third-order valence-corrected chi connectivity index (χ3v) is 4.47. The summed E-state index contributed by atoms with van der Waals surface area (Å²) in [5, 5.41) is 16.9. The molecule has 0 aromatic heterocycles. The van der Waals surface area contributed by atoms with Crippen molar-refractivity contribution in [3.05, 3.63) is 29.6 Å². The summed E-state index contributed by atoms with van der Waals surface area (Å²) in [5.74, 6) is -1.17. The predicted molar refractivity (Wildman–Crippen MR) is 86.2 cm³/mol. The van der Waals surface area contributed by atoms with Crippen molar-refractivity contribution >= 4 is 23.5 Å². The van der Waals surface area contributed by atoms with Crippen molar-refractivity contribution in [2.24, 2.45) is 0 Å². The van der Waals surface area contributed by atoms with Crippen LogP contribution < -0.4 is 16.0 Å². The molecule has 9 heteroatoms. The lowest BCUT2D eigenvalue weighted by Gasteiger charge is -2.33. The van der Waals surface area contributed by atoms with Gasteiger partial charge in [-0.15, -0.1) is 0 Å². The van der Waals surface area contributed by atoms with Crippen LogP contribution >= 0.6 is 0 Å². The Morgan fingerprint density at radius 2 is 2.20 bits per heavy atom. The largest absolute Gasteiger partial charge is 0.394 e. The number of aliphatic hydroxyl groups excluding tert-OH is 1. The Hall–Kier alpha value is -2.68. The van der Waals surface area contributed by atoms with Gasteiger partial charge in [-0.25, -0.2) is 9.18 Å². The number of fused-ring (bicyclic) bond motifs is 1. The molecule has 3 rings (SSSR count). The molecule has 25 heavy (non-hydrogen) atoms. The fourth-order valence-electron chi connectivity index (χ4n) is 3.16. The number of hydrogen-bond acceptors (Lipinski definition) is 4. The van der Waals surface area contributed by atoms with E-state index in [0.29, 0.717) is 11.3 Å². The lowest BCUT2D eigenvalue weighted by atomic mass is 10.1. The van der Waals surface area contributed by atoms with Crippen LogP contribution in [0.15, 0.2) is 18.2 Å². The van der Waals surface area contributed by atoms with Crippen LogP contribution in [0.4, 0.5) is 14.9 Å². The molecule has 0 aliphatic carbocycles. The first-order chi connectivity index (χ1) is 11.9. The zero-order valence-corrected chi connectivity index (χ0v) is 13.6. The Morgan fingerprint density at radius 3 is 2.92 bits per heavy atom. The SMILES string of the molecule is Cc1ccc(F)cc1NC(=O)N[C@H]1C[C@H]2C(=O)N[C@H](CO)C(=O)N2C1. The summed E-state index contributed by atoms with van der Waals surface area (Å²) in [6.45, 7) is 1.46. The molecule has 2 heterocycles. The summed E-state index contributed by atoms with van der Waals surface area (Å²) in [5.41, 5.74) is 1.06. The molecule has 0 bridgehead atoms. The molecule has 1 aromatic rings. The number of anilines is 1. The van der Waals surface area contributed by atoms with E-state index in [1.165, 1.54) is 17.0 Å². The van der Waals surface area contributed by atoms with E-state index < -0.39 is 36.6 Å². The van der Waals surface area contributed by atoms with Crippen LogP contribution in [0, 0.1) is 12.7 Å². The van der Waals surface area contributed by atoms with E-state index in [4.69, 9.17) is 5.11 Å². The van der Waals surface area contributed by atoms with Crippen molar-refractivity contribution in [3.8, 4) is 0 Å². The number of benzene rings is 1. The van der Waals surface area contributed by atoms with Gasteiger partial charge >= 0.3 is 6.03 Å². The second kappa shape index (κ2) is 6.67. The standard InChI is InChI=1S/C16H19FN4O4/c1-8-2-3-9(17)4-11(8)20-16(25)18-10-5-13-14(23)19-12(7-22)15(24)21(13)6-10/h2-4,10,12-13,22H,5-7H2,1H3,(H,19,23)(H2,18,20,25)/t10-,12+,13-/m0/s1. The minimum Gasteiger partial charge on any atom is -0.394 e. The van der Waals surface area contributed by atoms with Gasteiger partial charge in [0.05, 0.1) is 12.6 Å². The molecule has 2 aliphatic heterocycles. The van der Waals surface area contributed by atoms with Crippen LogP contribution in [0.3, 0.4) is 0 Å². The number of aliphatic hydroxyl groups is 1. The minimum atomic E-state index is -0.939. The predicted octanol–water partition coefficient (Wildman–Crippen LogP) is -0.284. The molecule has 2 aliphatic rings. The molecule has 4 amide bonds. The third kappa shape index (κ3) is 3.41. The van der Waals surface area contributed by atoms with Gasteiger partial charge in [-0.2, -0.15) is 0 Å². The Morgan fingerprint density at radius 1 is 1.44 bits per heavy atom. The van der Waals surface area contributed by atoms with Gasteiger partial charge in [0.25, 0.3) is 0 Å². The summed E-state index contributed by atoms with van der Waals surface area (Å²) in [6, 6.07) is 1.53. The zero-order chi connectivity index (χ0) is 18.1. The third-order valence-electron chi connectivity index (χ3n) is 4.47. The molecular weight excluding hydrogens is 331 g/mol. The molecule has 0 unspecified atom stereocenters. The number of piperazine rings is 1. The topological polar surface area (TPSA) is 111 Å². The Labute approximate surface area is 143 Å². The van der Waals surface area contributed by atoms with E-state index in [1.54, 1.807) is 13.0 Å². The average Bonchev–Trinajstić information content (AvgIpc) is 2.98. The van der Waals surface area contributed by atoms with Gasteiger partial charge in [-0.3, -0.25) is 9.59 Å². The van der Waals surface area contributed by atoms with Gasteiger partial charge in [0.2, 0.25) is 11.8 Å². The number of nitrogens with zero attached hydrogens (tertiary/aromatic N) is 1. The van der Waals surface area contributed by atoms with E-state index >= 15 is 0 Å². The molecule has 0 radical (unpaired) electrons. The first-order valence-corrected chi connectivity index (χ1v) is 7.94. The monoisotopic (exact) mass is 350 g/mol. The maximum absolute atomic E-state index is 13.3. The molecule has 2 fully saturated rings. The smallest absolute Gasteiger partial charge is 0.319 e. The first kappa shape index (κ1) is 17.2. The molecule has 0 spiro atoms. The van der Waals surface area contributed by atoms with Gasteiger partial charge in [-0.1, -0.05) is 6.07 Å². The van der Waals surface area contributed by atoms with Gasteiger partial charge in [-0.05, 0) is 31.0 Å². The Kier molecular flexibility index (Phi) is 4.58. The number of nitrogens with one attached hydrogen (secondary N) is 3. The highest BCUT2D eigenvalue weighted by Crippen LogP contribution is 2.23. The van der Waals surface area contributed by atoms with E-state index in [9.17, 15) is 18.8 Å². The summed E-state index contributed by atoms with van der Waals surface area (Å²) in [6.07, 6.45) is 0.283. The quantitative estimate of drug-likeness (QED) is 0.601. The number of carbonyl (C=O) groups is 3. The van der Waals surface area contributed by atoms with Crippen molar-refractivity contribution in [2.45, 2.75) is 31.5 Å². The highest BCUT2D eigenvalue weighted by molar-refractivity contribution is 5.98. The normalized spacial score (nSPS) is 25.4. The zero-order valence-electron chi connectivity index (χ0n) is 13.6. The average molecular weight is 350 g/mol. The van der Waals surface area contributed by atoms with Crippen molar-refractivity contribution < 1.29 is 23.9 Å². The number of hydrogen-bond donors (Lipinski definition) is 4. The van der Waals surface area contributed by atoms with Crippen LogP contribution in [0.25, 0.3) is 0 Å². The van der Waals surface area contributed by atoms with E-state index in [2.05, 4.69) is 16.0 Å². The van der Waals surface area contributed by atoms with Crippen LogP contribution in [-0.2, 0) is 9.59 Å². The number of rotatable bonds is 3. The highest BCUT2D eigenvalue weighted by Gasteiger charge is 2.46. The van der Waals surface area contributed by atoms with Crippen molar-refractivity contribution in [1.29, 1.82) is 0 Å².